The monoisotopic (exact) mass is 410 g/mol. The summed E-state index contributed by atoms with van der Waals surface area (Å²) in [6.07, 6.45) is 13.6. The summed E-state index contributed by atoms with van der Waals surface area (Å²) in [5.74, 6) is 2.76. The van der Waals surface area contributed by atoms with E-state index < -0.39 is 11.6 Å². The third-order valence-corrected chi connectivity index (χ3v) is 8.20. The normalized spacial score (nSPS) is 28.3. The Kier molecular flexibility index (Phi) is 8.50. The van der Waals surface area contributed by atoms with Gasteiger partial charge >= 0.3 is 0 Å². The number of halogens is 2. The molecule has 1 aromatic rings. The minimum atomic E-state index is -0.853. The Hall–Kier alpha value is -0.770. The summed E-state index contributed by atoms with van der Waals surface area (Å²) in [5, 5.41) is 0. The van der Waals surface area contributed by atoms with E-state index in [4.69, 9.17) is 4.74 Å². The lowest BCUT2D eigenvalue weighted by Gasteiger charge is -2.38. The predicted octanol–water partition coefficient (Wildman–Crippen LogP) is 7.87. The lowest BCUT2D eigenvalue weighted by atomic mass is 9.69. The third-order valence-electron chi connectivity index (χ3n) is 6.93. The van der Waals surface area contributed by atoms with E-state index in [1.807, 2.05) is 0 Å². The van der Waals surface area contributed by atoms with Crippen LogP contribution in [-0.2, 0) is 0 Å². The van der Waals surface area contributed by atoms with Gasteiger partial charge in [-0.3, -0.25) is 0 Å². The molecular weight excluding hydrogens is 374 g/mol. The van der Waals surface area contributed by atoms with Crippen LogP contribution in [0.4, 0.5) is 8.78 Å². The first kappa shape index (κ1) is 21.9. The van der Waals surface area contributed by atoms with Crippen LogP contribution < -0.4 is 4.74 Å². The molecule has 1 nitrogen and oxygen atoms in total. The highest BCUT2D eigenvalue weighted by molar-refractivity contribution is 7.99. The summed E-state index contributed by atoms with van der Waals surface area (Å²) in [6.45, 7) is 4.42. The van der Waals surface area contributed by atoms with Gasteiger partial charge in [0.25, 0.3) is 0 Å². The van der Waals surface area contributed by atoms with Crippen LogP contribution >= 0.6 is 11.8 Å². The molecular formula is C24H36F2OS. The highest BCUT2D eigenvalue weighted by Crippen LogP contribution is 2.43. The largest absolute Gasteiger partial charge is 0.491 e. The molecule has 0 saturated heterocycles. The molecule has 0 atom stereocenters. The van der Waals surface area contributed by atoms with Crippen molar-refractivity contribution in [2.45, 2.75) is 83.0 Å². The van der Waals surface area contributed by atoms with E-state index in [2.05, 4.69) is 6.92 Å². The summed E-state index contributed by atoms with van der Waals surface area (Å²) in [6, 6.07) is 3.21. The molecule has 2 saturated carbocycles. The average molecular weight is 411 g/mol. The van der Waals surface area contributed by atoms with Crippen molar-refractivity contribution in [2.75, 3.05) is 12.4 Å². The fraction of sp³-hybridized carbons (Fsp3) is 0.750. The minimum Gasteiger partial charge on any atom is -0.491 e. The standard InChI is InChI=1S/C24H36F2OS/c1-3-5-17-6-10-19(11-7-17)20-12-8-18(9-13-20)16-28-22-15-14-21(27-4-2)23(25)24(22)26/h14-15,17-20H,3-13,16H2,1-2H3/t17?,18-,19?,20-. The molecule has 2 aliphatic carbocycles. The summed E-state index contributed by atoms with van der Waals surface area (Å²) in [4.78, 5) is 0.414. The van der Waals surface area contributed by atoms with Crippen LogP contribution in [0.3, 0.4) is 0 Å². The molecule has 2 fully saturated rings. The summed E-state index contributed by atoms with van der Waals surface area (Å²) in [5.41, 5.74) is 0. The molecule has 0 amide bonds. The topological polar surface area (TPSA) is 9.23 Å². The Balaban J connectivity index is 1.42. The Morgan fingerprint density at radius 1 is 0.857 bits per heavy atom. The van der Waals surface area contributed by atoms with Gasteiger partial charge in [0.1, 0.15) is 0 Å². The first-order valence-electron chi connectivity index (χ1n) is 11.4. The zero-order valence-electron chi connectivity index (χ0n) is 17.5. The molecule has 0 N–H and O–H groups in total. The van der Waals surface area contributed by atoms with Gasteiger partial charge in [0.15, 0.2) is 11.6 Å². The number of benzene rings is 1. The van der Waals surface area contributed by atoms with Crippen molar-refractivity contribution in [3.63, 3.8) is 0 Å². The Morgan fingerprint density at radius 3 is 2.04 bits per heavy atom. The summed E-state index contributed by atoms with van der Waals surface area (Å²) >= 11 is 1.47. The molecule has 4 heteroatoms. The van der Waals surface area contributed by atoms with Crippen molar-refractivity contribution in [3.05, 3.63) is 23.8 Å². The van der Waals surface area contributed by atoms with Gasteiger partial charge in [0, 0.05) is 10.6 Å². The van der Waals surface area contributed by atoms with Crippen molar-refractivity contribution in [2.24, 2.45) is 23.7 Å². The second kappa shape index (κ2) is 10.8. The Morgan fingerprint density at radius 2 is 1.46 bits per heavy atom. The molecule has 0 radical (unpaired) electrons. The maximum atomic E-state index is 14.3. The predicted molar refractivity (Wildman–Crippen MR) is 114 cm³/mol. The smallest absolute Gasteiger partial charge is 0.201 e. The van der Waals surface area contributed by atoms with Crippen LogP contribution in [0.25, 0.3) is 0 Å². The van der Waals surface area contributed by atoms with E-state index in [9.17, 15) is 8.78 Å². The number of rotatable bonds is 8. The van der Waals surface area contributed by atoms with Gasteiger partial charge in [0.05, 0.1) is 6.61 Å². The van der Waals surface area contributed by atoms with Gasteiger partial charge < -0.3 is 4.74 Å². The molecule has 0 bridgehead atoms. The highest BCUT2D eigenvalue weighted by Gasteiger charge is 2.30. The van der Waals surface area contributed by atoms with Gasteiger partial charge in [0.2, 0.25) is 5.82 Å². The second-order valence-corrected chi connectivity index (χ2v) is 9.85. The number of ether oxygens (including phenoxy) is 1. The highest BCUT2D eigenvalue weighted by atomic mass is 32.2. The van der Waals surface area contributed by atoms with Gasteiger partial charge in [-0.2, -0.15) is 4.39 Å². The lowest BCUT2D eigenvalue weighted by molar-refractivity contribution is 0.148. The van der Waals surface area contributed by atoms with Gasteiger partial charge in [-0.15, -0.1) is 11.8 Å². The van der Waals surface area contributed by atoms with Crippen molar-refractivity contribution >= 4 is 11.8 Å². The molecule has 0 aromatic heterocycles. The van der Waals surface area contributed by atoms with Gasteiger partial charge in [-0.25, -0.2) is 4.39 Å². The van der Waals surface area contributed by atoms with Crippen LogP contribution in [0.1, 0.15) is 78.1 Å². The molecule has 0 spiro atoms. The van der Waals surface area contributed by atoms with Gasteiger partial charge in [-0.05, 0) is 81.3 Å². The molecule has 0 unspecified atom stereocenters. The molecule has 0 heterocycles. The molecule has 158 valence electrons. The van der Waals surface area contributed by atoms with Crippen LogP contribution in [0.15, 0.2) is 17.0 Å². The number of hydrogen-bond acceptors (Lipinski definition) is 2. The summed E-state index contributed by atoms with van der Waals surface area (Å²) in [7, 11) is 0. The zero-order valence-corrected chi connectivity index (χ0v) is 18.3. The van der Waals surface area contributed by atoms with Crippen LogP contribution in [0, 0.1) is 35.3 Å². The van der Waals surface area contributed by atoms with E-state index >= 15 is 0 Å². The Bertz CT molecular complexity index is 605. The average Bonchev–Trinajstić information content (AvgIpc) is 2.72. The zero-order chi connectivity index (χ0) is 19.9. The van der Waals surface area contributed by atoms with E-state index in [-0.39, 0.29) is 5.75 Å². The van der Waals surface area contributed by atoms with Crippen molar-refractivity contribution in [1.82, 2.24) is 0 Å². The number of thioether (sulfide) groups is 1. The quantitative estimate of drug-likeness (QED) is 0.403. The lowest BCUT2D eigenvalue weighted by Crippen LogP contribution is -2.26. The SMILES string of the molecule is CCCC1CCC([C@H]2CC[C@H](CSc3ccc(OCC)c(F)c3F)CC2)CC1. The maximum Gasteiger partial charge on any atom is 0.201 e. The first-order valence-corrected chi connectivity index (χ1v) is 12.3. The summed E-state index contributed by atoms with van der Waals surface area (Å²) < 4.78 is 33.4. The van der Waals surface area contributed by atoms with Crippen LogP contribution in [0.5, 0.6) is 5.75 Å². The maximum absolute atomic E-state index is 14.3. The van der Waals surface area contributed by atoms with Crippen molar-refractivity contribution in [1.29, 1.82) is 0 Å². The van der Waals surface area contributed by atoms with E-state index in [1.165, 1.54) is 76.0 Å². The van der Waals surface area contributed by atoms with E-state index in [0.29, 0.717) is 17.4 Å². The van der Waals surface area contributed by atoms with E-state index in [0.717, 1.165) is 23.5 Å². The Labute approximate surface area is 174 Å². The molecule has 0 aliphatic heterocycles. The third kappa shape index (κ3) is 5.64. The molecule has 28 heavy (non-hydrogen) atoms. The molecule has 2 aliphatic rings. The molecule has 3 rings (SSSR count). The fourth-order valence-corrected chi connectivity index (χ4v) is 6.41. The van der Waals surface area contributed by atoms with Gasteiger partial charge in [-0.1, -0.05) is 32.6 Å². The minimum absolute atomic E-state index is 0.0125. The first-order chi connectivity index (χ1) is 13.6. The van der Waals surface area contributed by atoms with Crippen LogP contribution in [0.2, 0.25) is 0 Å². The second-order valence-electron chi connectivity index (χ2n) is 8.78. The van der Waals surface area contributed by atoms with Crippen LogP contribution in [-0.4, -0.2) is 12.4 Å². The fourth-order valence-electron chi connectivity index (χ4n) is 5.28. The van der Waals surface area contributed by atoms with E-state index in [1.54, 1.807) is 19.1 Å². The number of hydrogen-bond donors (Lipinski definition) is 0. The van der Waals surface area contributed by atoms with Crippen molar-refractivity contribution in [3.8, 4) is 5.75 Å². The van der Waals surface area contributed by atoms with Crippen molar-refractivity contribution < 1.29 is 13.5 Å². The molecule has 1 aromatic carbocycles.